The molecule has 0 bridgehead atoms. The fourth-order valence-corrected chi connectivity index (χ4v) is 2.77. The van der Waals surface area contributed by atoms with E-state index in [-0.39, 0.29) is 30.3 Å². The first-order valence-corrected chi connectivity index (χ1v) is 9.09. The number of benzene rings is 2. The molecule has 1 saturated carbocycles. The van der Waals surface area contributed by atoms with Gasteiger partial charge in [-0.3, -0.25) is 4.79 Å². The predicted octanol–water partition coefficient (Wildman–Crippen LogP) is 4.34. The highest BCUT2D eigenvalue weighted by Crippen LogP contribution is 2.24. The van der Waals surface area contributed by atoms with Crippen molar-refractivity contribution in [2.24, 2.45) is 0 Å². The van der Waals surface area contributed by atoms with Crippen LogP contribution in [0.3, 0.4) is 0 Å². The fourth-order valence-electron chi connectivity index (χ4n) is 2.57. The zero-order valence-electron chi connectivity index (χ0n) is 15.2. The second-order valence-electron chi connectivity index (χ2n) is 6.81. The number of nitrogens with one attached hydrogen (secondary N) is 2. The lowest BCUT2D eigenvalue weighted by molar-refractivity contribution is 0.0951. The van der Waals surface area contributed by atoms with Gasteiger partial charge in [-0.2, -0.15) is 0 Å². The molecule has 1 aliphatic carbocycles. The number of nitrogens with zero attached hydrogens (tertiary/aromatic N) is 1. The molecular weight excluding hydrogens is 369 g/mol. The van der Waals surface area contributed by atoms with E-state index in [9.17, 15) is 14.0 Å². The van der Waals surface area contributed by atoms with Crippen LogP contribution in [0.4, 0.5) is 14.9 Å². The molecule has 7 heteroatoms. The average molecular weight is 390 g/mol. The van der Waals surface area contributed by atoms with E-state index >= 15 is 0 Å². The molecule has 0 spiro atoms. The molecule has 142 valence electrons. The number of urea groups is 1. The molecule has 0 aliphatic heterocycles. The monoisotopic (exact) mass is 389 g/mol. The Kier molecular flexibility index (Phi) is 5.65. The molecular formula is C20H21ClFN3O2. The lowest BCUT2D eigenvalue weighted by Crippen LogP contribution is -2.31. The molecule has 3 rings (SSSR count). The molecule has 0 aromatic heterocycles. The summed E-state index contributed by atoms with van der Waals surface area (Å²) < 4.78 is 13.7. The van der Waals surface area contributed by atoms with Crippen molar-refractivity contribution >= 4 is 29.2 Å². The molecule has 1 aliphatic rings. The highest BCUT2D eigenvalue weighted by atomic mass is 35.5. The Bertz CT molecular complexity index is 884. The van der Waals surface area contributed by atoms with Crippen LogP contribution < -0.4 is 10.6 Å². The van der Waals surface area contributed by atoms with Gasteiger partial charge in [-0.25, -0.2) is 9.18 Å². The van der Waals surface area contributed by atoms with E-state index in [4.69, 9.17) is 11.6 Å². The number of anilines is 1. The Morgan fingerprint density at radius 1 is 1.22 bits per heavy atom. The van der Waals surface area contributed by atoms with Crippen molar-refractivity contribution in [2.45, 2.75) is 32.4 Å². The number of hydrogen-bond acceptors (Lipinski definition) is 2. The zero-order chi connectivity index (χ0) is 19.6. The third-order valence-corrected chi connectivity index (χ3v) is 4.71. The third-order valence-electron chi connectivity index (χ3n) is 4.38. The molecule has 2 aromatic carbocycles. The maximum absolute atomic E-state index is 13.7. The summed E-state index contributed by atoms with van der Waals surface area (Å²) in [7, 11) is 1.61. The minimum Gasteiger partial charge on any atom is -0.349 e. The van der Waals surface area contributed by atoms with Crippen LogP contribution in [-0.2, 0) is 6.54 Å². The second-order valence-corrected chi connectivity index (χ2v) is 7.22. The Morgan fingerprint density at radius 3 is 2.63 bits per heavy atom. The minimum absolute atomic E-state index is 0.216. The van der Waals surface area contributed by atoms with Crippen LogP contribution in [-0.4, -0.2) is 29.9 Å². The largest absolute Gasteiger partial charge is 0.349 e. The lowest BCUT2D eigenvalue weighted by atomic mass is 10.1. The van der Waals surface area contributed by atoms with Gasteiger partial charge >= 0.3 is 6.03 Å². The van der Waals surface area contributed by atoms with E-state index in [2.05, 4.69) is 10.6 Å². The standard InChI is InChI=1S/C20H21ClFN3O2/c1-12-3-4-13(9-18(12)22)11-25(2)20(27)24-15-7-8-17(21)16(10-15)19(26)23-14-5-6-14/h3-4,7-10,14H,5-6,11H2,1-2H3,(H,23,26)(H,24,27). The molecule has 1 fully saturated rings. The van der Waals surface area contributed by atoms with Gasteiger partial charge in [0.15, 0.2) is 0 Å². The van der Waals surface area contributed by atoms with Gasteiger partial charge in [-0.1, -0.05) is 23.7 Å². The summed E-state index contributed by atoms with van der Waals surface area (Å²) in [6.45, 7) is 1.94. The highest BCUT2D eigenvalue weighted by molar-refractivity contribution is 6.34. The van der Waals surface area contributed by atoms with E-state index < -0.39 is 0 Å². The Morgan fingerprint density at radius 2 is 1.96 bits per heavy atom. The van der Waals surface area contributed by atoms with E-state index in [1.165, 1.54) is 11.0 Å². The summed E-state index contributed by atoms with van der Waals surface area (Å²) >= 11 is 6.11. The normalized spacial score (nSPS) is 13.2. The number of amides is 3. The van der Waals surface area contributed by atoms with Crippen LogP contribution >= 0.6 is 11.6 Å². The molecule has 5 nitrogen and oxygen atoms in total. The van der Waals surface area contributed by atoms with E-state index in [0.717, 1.165) is 12.8 Å². The maximum atomic E-state index is 13.7. The topological polar surface area (TPSA) is 61.4 Å². The number of hydrogen-bond donors (Lipinski definition) is 2. The van der Waals surface area contributed by atoms with Crippen LogP contribution in [0.1, 0.15) is 34.3 Å². The summed E-state index contributed by atoms with van der Waals surface area (Å²) in [4.78, 5) is 26.1. The van der Waals surface area contributed by atoms with E-state index in [1.54, 1.807) is 44.3 Å². The predicted molar refractivity (Wildman–Crippen MR) is 104 cm³/mol. The first kappa shape index (κ1) is 19.2. The maximum Gasteiger partial charge on any atom is 0.321 e. The van der Waals surface area contributed by atoms with Crippen molar-refractivity contribution in [3.63, 3.8) is 0 Å². The Balaban J connectivity index is 1.65. The highest BCUT2D eigenvalue weighted by Gasteiger charge is 2.25. The molecule has 3 amide bonds. The SMILES string of the molecule is Cc1ccc(CN(C)C(=O)Nc2ccc(Cl)c(C(=O)NC3CC3)c2)cc1F. The minimum atomic E-state index is -0.369. The van der Waals surface area contributed by atoms with Gasteiger partial charge in [0.25, 0.3) is 5.91 Å². The first-order valence-electron chi connectivity index (χ1n) is 8.71. The Hall–Kier alpha value is -2.60. The van der Waals surface area contributed by atoms with Crippen LogP contribution in [0.5, 0.6) is 0 Å². The molecule has 2 aromatic rings. The molecule has 0 heterocycles. The molecule has 27 heavy (non-hydrogen) atoms. The first-order chi connectivity index (χ1) is 12.8. The van der Waals surface area contributed by atoms with Gasteiger partial charge in [-0.15, -0.1) is 0 Å². The van der Waals surface area contributed by atoms with Crippen molar-refractivity contribution in [1.29, 1.82) is 0 Å². The number of aryl methyl sites for hydroxylation is 1. The van der Waals surface area contributed by atoms with Gasteiger partial charge in [0, 0.05) is 25.3 Å². The average Bonchev–Trinajstić information content (AvgIpc) is 3.43. The van der Waals surface area contributed by atoms with Gasteiger partial charge in [-0.05, 0) is 55.2 Å². The second kappa shape index (κ2) is 7.96. The van der Waals surface area contributed by atoms with Crippen molar-refractivity contribution in [1.82, 2.24) is 10.2 Å². The van der Waals surface area contributed by atoms with E-state index in [1.807, 2.05) is 0 Å². The summed E-state index contributed by atoms with van der Waals surface area (Å²) in [5.41, 5.74) is 2.04. The summed E-state index contributed by atoms with van der Waals surface area (Å²) in [5, 5.41) is 5.94. The Labute approximate surface area is 162 Å². The van der Waals surface area contributed by atoms with Crippen LogP contribution in [0.25, 0.3) is 0 Å². The van der Waals surface area contributed by atoms with Gasteiger partial charge in [0.1, 0.15) is 5.82 Å². The number of halogens is 2. The molecule has 0 saturated heterocycles. The van der Waals surface area contributed by atoms with Crippen LogP contribution in [0, 0.1) is 12.7 Å². The lowest BCUT2D eigenvalue weighted by Gasteiger charge is -2.19. The van der Waals surface area contributed by atoms with Crippen molar-refractivity contribution in [3.8, 4) is 0 Å². The molecule has 0 unspecified atom stereocenters. The quantitative estimate of drug-likeness (QED) is 0.798. The van der Waals surface area contributed by atoms with Gasteiger partial charge in [0.05, 0.1) is 10.6 Å². The third kappa shape index (κ3) is 4.98. The van der Waals surface area contributed by atoms with Crippen molar-refractivity contribution in [3.05, 3.63) is 63.9 Å². The van der Waals surface area contributed by atoms with Crippen molar-refractivity contribution < 1.29 is 14.0 Å². The van der Waals surface area contributed by atoms with E-state index in [0.29, 0.717) is 27.4 Å². The summed E-state index contributed by atoms with van der Waals surface area (Å²) in [6, 6.07) is 9.49. The molecule has 2 N–H and O–H groups in total. The zero-order valence-corrected chi connectivity index (χ0v) is 15.9. The fraction of sp³-hybridized carbons (Fsp3) is 0.300. The molecule has 0 atom stereocenters. The molecule has 0 radical (unpaired) electrons. The number of carbonyl (C=O) groups is 2. The number of carbonyl (C=O) groups excluding carboxylic acids is 2. The van der Waals surface area contributed by atoms with Gasteiger partial charge in [0.2, 0.25) is 0 Å². The summed E-state index contributed by atoms with van der Waals surface area (Å²) in [5.74, 6) is -0.549. The van der Waals surface area contributed by atoms with Crippen LogP contribution in [0.15, 0.2) is 36.4 Å². The van der Waals surface area contributed by atoms with Crippen molar-refractivity contribution in [2.75, 3.05) is 12.4 Å². The van der Waals surface area contributed by atoms with Gasteiger partial charge < -0.3 is 15.5 Å². The smallest absolute Gasteiger partial charge is 0.321 e. The summed E-state index contributed by atoms with van der Waals surface area (Å²) in [6.07, 6.45) is 1.95. The number of rotatable bonds is 5. The van der Waals surface area contributed by atoms with Crippen LogP contribution in [0.2, 0.25) is 5.02 Å².